The van der Waals surface area contributed by atoms with Gasteiger partial charge in [-0.05, 0) is 38.8 Å². The quantitative estimate of drug-likeness (QED) is 0.571. The Bertz CT molecular complexity index is 120. The zero-order valence-electron chi connectivity index (χ0n) is 10.8. The van der Waals surface area contributed by atoms with Gasteiger partial charge in [-0.3, -0.25) is 0 Å². The Morgan fingerprint density at radius 2 is 1.43 bits per heavy atom. The highest BCUT2D eigenvalue weighted by Gasteiger charge is 2.32. The average molecular weight is 199 g/mol. The largest absolute Gasteiger partial charge is 0.303 e. The highest BCUT2D eigenvalue weighted by Crippen LogP contribution is 2.34. The molecule has 0 radical (unpaired) electrons. The fraction of sp³-hybridized carbons (Fsp3) is 1.00. The standard InChI is InChI=1S/C9H17N.2C2H6/c1-10-7-6-8-4-2-3-5-9(8)10;2*1-2/h8-9H,2-7H2,1H3;2*1-2H3. The molecule has 1 heteroatoms. The summed E-state index contributed by atoms with van der Waals surface area (Å²) in [7, 11) is 2.29. The maximum absolute atomic E-state index is 2.56. The Morgan fingerprint density at radius 3 is 2.00 bits per heavy atom. The van der Waals surface area contributed by atoms with E-state index in [1.54, 1.807) is 0 Å². The molecule has 0 aromatic carbocycles. The van der Waals surface area contributed by atoms with Gasteiger partial charge in [0.15, 0.2) is 0 Å². The lowest BCUT2D eigenvalue weighted by molar-refractivity contribution is 0.215. The van der Waals surface area contributed by atoms with Gasteiger partial charge in [0.2, 0.25) is 0 Å². The molecule has 1 saturated heterocycles. The molecule has 2 unspecified atom stereocenters. The summed E-state index contributed by atoms with van der Waals surface area (Å²) in [6.45, 7) is 9.36. The van der Waals surface area contributed by atoms with Gasteiger partial charge in [0.25, 0.3) is 0 Å². The molecule has 0 bridgehead atoms. The van der Waals surface area contributed by atoms with Gasteiger partial charge in [0.05, 0.1) is 0 Å². The van der Waals surface area contributed by atoms with Gasteiger partial charge in [-0.2, -0.15) is 0 Å². The Kier molecular flexibility index (Phi) is 8.26. The van der Waals surface area contributed by atoms with E-state index in [0.717, 1.165) is 12.0 Å². The van der Waals surface area contributed by atoms with Crippen molar-refractivity contribution >= 4 is 0 Å². The second-order valence-corrected chi connectivity index (χ2v) is 3.88. The van der Waals surface area contributed by atoms with E-state index < -0.39 is 0 Å². The first-order valence-corrected chi connectivity index (χ1v) is 6.58. The minimum absolute atomic E-state index is 0.966. The molecular formula is C13H29N. The van der Waals surface area contributed by atoms with Crippen molar-refractivity contribution in [3.63, 3.8) is 0 Å². The normalized spacial score (nSPS) is 30.6. The number of hydrogen-bond acceptors (Lipinski definition) is 1. The van der Waals surface area contributed by atoms with Gasteiger partial charge in [-0.1, -0.05) is 40.5 Å². The van der Waals surface area contributed by atoms with E-state index in [1.165, 1.54) is 38.6 Å². The number of likely N-dealkylation sites (tertiary alicyclic amines) is 1. The second-order valence-electron chi connectivity index (χ2n) is 3.88. The van der Waals surface area contributed by atoms with E-state index >= 15 is 0 Å². The van der Waals surface area contributed by atoms with Crippen molar-refractivity contribution in [3.05, 3.63) is 0 Å². The molecule has 0 spiro atoms. The fourth-order valence-corrected chi connectivity index (χ4v) is 2.64. The number of fused-ring (bicyclic) bond motifs is 1. The van der Waals surface area contributed by atoms with E-state index in [9.17, 15) is 0 Å². The number of nitrogens with zero attached hydrogens (tertiary/aromatic N) is 1. The minimum Gasteiger partial charge on any atom is -0.303 e. The first-order chi connectivity index (χ1) is 6.88. The molecule has 1 saturated carbocycles. The highest BCUT2D eigenvalue weighted by molar-refractivity contribution is 4.87. The van der Waals surface area contributed by atoms with Crippen molar-refractivity contribution in [2.75, 3.05) is 13.6 Å². The summed E-state index contributed by atoms with van der Waals surface area (Å²) in [5.41, 5.74) is 0. The Morgan fingerprint density at radius 1 is 0.857 bits per heavy atom. The zero-order chi connectivity index (χ0) is 11.0. The fourth-order valence-electron chi connectivity index (χ4n) is 2.64. The third-order valence-electron chi connectivity index (χ3n) is 3.29. The lowest BCUT2D eigenvalue weighted by Crippen LogP contribution is -2.31. The van der Waals surface area contributed by atoms with Gasteiger partial charge in [-0.25, -0.2) is 0 Å². The van der Waals surface area contributed by atoms with Crippen molar-refractivity contribution in [3.8, 4) is 0 Å². The monoisotopic (exact) mass is 199 g/mol. The summed E-state index contributed by atoms with van der Waals surface area (Å²) in [6, 6.07) is 0.966. The van der Waals surface area contributed by atoms with Crippen molar-refractivity contribution in [2.45, 2.75) is 65.8 Å². The molecule has 0 aromatic rings. The van der Waals surface area contributed by atoms with E-state index in [2.05, 4.69) is 11.9 Å². The second kappa shape index (κ2) is 8.28. The summed E-state index contributed by atoms with van der Waals surface area (Å²) in [4.78, 5) is 2.56. The molecule has 1 aliphatic carbocycles. The molecular weight excluding hydrogens is 170 g/mol. The summed E-state index contributed by atoms with van der Waals surface area (Å²) in [5.74, 6) is 1.07. The number of hydrogen-bond donors (Lipinski definition) is 0. The van der Waals surface area contributed by atoms with Crippen LogP contribution in [0.4, 0.5) is 0 Å². The molecule has 1 heterocycles. The van der Waals surface area contributed by atoms with Crippen LogP contribution in [0.1, 0.15) is 59.8 Å². The van der Waals surface area contributed by atoms with E-state index in [0.29, 0.717) is 0 Å². The Labute approximate surface area is 90.9 Å². The van der Waals surface area contributed by atoms with E-state index in [4.69, 9.17) is 0 Å². The summed E-state index contributed by atoms with van der Waals surface area (Å²) >= 11 is 0. The third kappa shape index (κ3) is 3.61. The van der Waals surface area contributed by atoms with E-state index in [-0.39, 0.29) is 0 Å². The van der Waals surface area contributed by atoms with Gasteiger partial charge >= 0.3 is 0 Å². The first-order valence-electron chi connectivity index (χ1n) is 6.58. The number of rotatable bonds is 0. The van der Waals surface area contributed by atoms with Crippen LogP contribution in [0.5, 0.6) is 0 Å². The Hall–Kier alpha value is -0.0400. The van der Waals surface area contributed by atoms with Crippen molar-refractivity contribution in [2.24, 2.45) is 5.92 Å². The molecule has 2 aliphatic rings. The molecule has 2 fully saturated rings. The van der Waals surface area contributed by atoms with Gasteiger partial charge in [0, 0.05) is 6.04 Å². The van der Waals surface area contributed by atoms with Crippen LogP contribution in [0, 0.1) is 5.92 Å². The van der Waals surface area contributed by atoms with Crippen molar-refractivity contribution < 1.29 is 0 Å². The average Bonchev–Trinajstić information content (AvgIpc) is 2.67. The zero-order valence-corrected chi connectivity index (χ0v) is 10.8. The van der Waals surface area contributed by atoms with Crippen LogP contribution in [-0.2, 0) is 0 Å². The molecule has 2 atom stereocenters. The summed E-state index contributed by atoms with van der Waals surface area (Å²) < 4.78 is 0. The Balaban J connectivity index is 0.000000379. The van der Waals surface area contributed by atoms with Gasteiger partial charge in [-0.15, -0.1) is 0 Å². The maximum atomic E-state index is 2.56. The van der Waals surface area contributed by atoms with Gasteiger partial charge < -0.3 is 4.90 Å². The molecule has 0 N–H and O–H groups in total. The van der Waals surface area contributed by atoms with Crippen LogP contribution >= 0.6 is 0 Å². The van der Waals surface area contributed by atoms with E-state index in [1.807, 2.05) is 27.7 Å². The van der Waals surface area contributed by atoms with Crippen LogP contribution in [0.15, 0.2) is 0 Å². The molecule has 1 nitrogen and oxygen atoms in total. The maximum Gasteiger partial charge on any atom is 0.0121 e. The highest BCUT2D eigenvalue weighted by atomic mass is 15.2. The molecule has 0 aromatic heterocycles. The smallest absolute Gasteiger partial charge is 0.0121 e. The molecule has 0 amide bonds. The summed E-state index contributed by atoms with van der Waals surface area (Å²) in [5, 5.41) is 0. The predicted octanol–water partition coefficient (Wildman–Crippen LogP) is 3.93. The van der Waals surface area contributed by atoms with Crippen molar-refractivity contribution in [1.29, 1.82) is 0 Å². The molecule has 14 heavy (non-hydrogen) atoms. The molecule has 2 rings (SSSR count). The van der Waals surface area contributed by atoms with Gasteiger partial charge in [0.1, 0.15) is 0 Å². The van der Waals surface area contributed by atoms with Crippen LogP contribution in [-0.4, -0.2) is 24.5 Å². The molecule has 86 valence electrons. The predicted molar refractivity (Wildman–Crippen MR) is 65.7 cm³/mol. The molecule has 1 aliphatic heterocycles. The van der Waals surface area contributed by atoms with Crippen LogP contribution < -0.4 is 0 Å². The lowest BCUT2D eigenvalue weighted by atomic mass is 9.85. The third-order valence-corrected chi connectivity index (χ3v) is 3.29. The SMILES string of the molecule is CC.CC.CN1CCC2CCCCC21. The van der Waals surface area contributed by atoms with Crippen molar-refractivity contribution in [1.82, 2.24) is 4.90 Å². The van der Waals surface area contributed by atoms with Crippen LogP contribution in [0.3, 0.4) is 0 Å². The first kappa shape index (κ1) is 14.0. The minimum atomic E-state index is 0.966. The summed E-state index contributed by atoms with van der Waals surface area (Å²) in [6.07, 6.45) is 7.43. The van der Waals surface area contributed by atoms with Crippen LogP contribution in [0.2, 0.25) is 0 Å². The van der Waals surface area contributed by atoms with Crippen LogP contribution in [0.25, 0.3) is 0 Å². The topological polar surface area (TPSA) is 3.24 Å². The lowest BCUT2D eigenvalue weighted by Gasteiger charge is -2.28.